The Morgan fingerprint density at radius 2 is 2.10 bits per heavy atom. The molecule has 1 amide bonds. The van der Waals surface area contributed by atoms with E-state index in [2.05, 4.69) is 6.58 Å². The first kappa shape index (κ1) is 16.6. The van der Waals surface area contributed by atoms with Gasteiger partial charge in [-0.1, -0.05) is 6.08 Å². The highest BCUT2D eigenvalue weighted by molar-refractivity contribution is 14.1. The average Bonchev–Trinajstić information content (AvgIpc) is 2.34. The molecular formula is C14H17IN2O3. The van der Waals surface area contributed by atoms with E-state index in [0.717, 1.165) is 0 Å². The SMILES string of the molecule is C=CCN(C(=O)c1cc([N+](=O)[O-])ccc1I)C(C)(C)C. The summed E-state index contributed by atoms with van der Waals surface area (Å²) in [5, 5.41) is 10.8. The van der Waals surface area contributed by atoms with E-state index in [9.17, 15) is 14.9 Å². The van der Waals surface area contributed by atoms with Gasteiger partial charge in [-0.2, -0.15) is 0 Å². The van der Waals surface area contributed by atoms with E-state index >= 15 is 0 Å². The number of halogens is 1. The van der Waals surface area contributed by atoms with Gasteiger partial charge in [-0.15, -0.1) is 6.58 Å². The van der Waals surface area contributed by atoms with E-state index in [4.69, 9.17) is 0 Å². The van der Waals surface area contributed by atoms with Gasteiger partial charge in [-0.05, 0) is 49.4 Å². The number of hydrogen-bond acceptors (Lipinski definition) is 3. The molecular weight excluding hydrogens is 371 g/mol. The van der Waals surface area contributed by atoms with Crippen molar-refractivity contribution in [1.29, 1.82) is 0 Å². The van der Waals surface area contributed by atoms with Crippen LogP contribution in [0.15, 0.2) is 30.9 Å². The molecule has 0 aliphatic heterocycles. The molecule has 0 saturated heterocycles. The van der Waals surface area contributed by atoms with Gasteiger partial charge in [0, 0.05) is 27.8 Å². The lowest BCUT2D eigenvalue weighted by atomic mass is 10.0. The minimum absolute atomic E-state index is 0.0822. The quantitative estimate of drug-likeness (QED) is 0.343. The molecule has 0 N–H and O–H groups in total. The topological polar surface area (TPSA) is 63.5 Å². The smallest absolute Gasteiger partial charge is 0.270 e. The number of nitro benzene ring substituents is 1. The van der Waals surface area contributed by atoms with E-state index in [1.54, 1.807) is 17.0 Å². The lowest BCUT2D eigenvalue weighted by molar-refractivity contribution is -0.384. The van der Waals surface area contributed by atoms with Gasteiger partial charge < -0.3 is 4.90 Å². The van der Waals surface area contributed by atoms with Gasteiger partial charge in [0.15, 0.2) is 0 Å². The standard InChI is InChI=1S/C14H17IN2O3/c1-5-8-16(14(2,3)4)13(18)11-9-10(17(19)20)6-7-12(11)15/h5-7,9H,1,8H2,2-4H3. The lowest BCUT2D eigenvalue weighted by Gasteiger charge is -2.35. The molecule has 108 valence electrons. The molecule has 1 rings (SSSR count). The summed E-state index contributed by atoms with van der Waals surface area (Å²) in [7, 11) is 0. The number of carbonyl (C=O) groups is 1. The lowest BCUT2D eigenvalue weighted by Crippen LogP contribution is -2.45. The van der Waals surface area contributed by atoms with Gasteiger partial charge in [-0.25, -0.2) is 0 Å². The Morgan fingerprint density at radius 3 is 2.55 bits per heavy atom. The molecule has 0 aliphatic rings. The van der Waals surface area contributed by atoms with Gasteiger partial charge >= 0.3 is 0 Å². The number of carbonyl (C=O) groups excluding carboxylic acids is 1. The first-order valence-corrected chi connectivity index (χ1v) is 7.13. The van der Waals surface area contributed by atoms with Crippen LogP contribution in [0.4, 0.5) is 5.69 Å². The van der Waals surface area contributed by atoms with Crippen LogP contribution in [-0.2, 0) is 0 Å². The van der Waals surface area contributed by atoms with Gasteiger partial charge in [0.1, 0.15) is 0 Å². The second kappa shape index (κ2) is 6.34. The maximum atomic E-state index is 12.6. The summed E-state index contributed by atoms with van der Waals surface area (Å²) >= 11 is 2.01. The zero-order chi connectivity index (χ0) is 15.5. The molecule has 20 heavy (non-hydrogen) atoms. The first-order valence-electron chi connectivity index (χ1n) is 6.05. The van der Waals surface area contributed by atoms with Crippen molar-refractivity contribution in [2.45, 2.75) is 26.3 Å². The maximum absolute atomic E-state index is 12.6. The molecule has 6 heteroatoms. The summed E-state index contributed by atoms with van der Waals surface area (Å²) in [5.41, 5.74) is -0.128. The Morgan fingerprint density at radius 1 is 1.50 bits per heavy atom. The second-order valence-corrected chi connectivity index (χ2v) is 6.46. The highest BCUT2D eigenvalue weighted by atomic mass is 127. The number of rotatable bonds is 4. The second-order valence-electron chi connectivity index (χ2n) is 5.30. The number of amides is 1. The summed E-state index contributed by atoms with van der Waals surface area (Å²) in [6.45, 7) is 9.79. The van der Waals surface area contributed by atoms with Crippen LogP contribution >= 0.6 is 22.6 Å². The highest BCUT2D eigenvalue weighted by Gasteiger charge is 2.28. The molecule has 1 aromatic rings. The fourth-order valence-electron chi connectivity index (χ4n) is 1.73. The largest absolute Gasteiger partial charge is 0.330 e. The Hall–Kier alpha value is -1.44. The predicted molar refractivity (Wildman–Crippen MR) is 86.8 cm³/mol. The summed E-state index contributed by atoms with van der Waals surface area (Å²) < 4.78 is 0.691. The van der Waals surface area contributed by atoms with Crippen LogP contribution in [-0.4, -0.2) is 27.8 Å². The van der Waals surface area contributed by atoms with Gasteiger partial charge in [-0.3, -0.25) is 14.9 Å². The van der Waals surface area contributed by atoms with Crippen LogP contribution in [0.3, 0.4) is 0 Å². The zero-order valence-corrected chi connectivity index (χ0v) is 13.9. The fourth-order valence-corrected chi connectivity index (χ4v) is 2.29. The van der Waals surface area contributed by atoms with E-state index in [1.165, 1.54) is 12.1 Å². The minimum atomic E-state index is -0.498. The molecule has 0 fully saturated rings. The fraction of sp³-hybridized carbons (Fsp3) is 0.357. The molecule has 0 atom stereocenters. The predicted octanol–water partition coefficient (Wildman–Crippen LogP) is 3.63. The zero-order valence-electron chi connectivity index (χ0n) is 11.7. The molecule has 0 unspecified atom stereocenters. The third kappa shape index (κ3) is 3.78. The minimum Gasteiger partial charge on any atom is -0.330 e. The Labute approximate surface area is 131 Å². The molecule has 0 radical (unpaired) electrons. The number of nitrogens with zero attached hydrogens (tertiary/aromatic N) is 2. The van der Waals surface area contributed by atoms with Crippen molar-refractivity contribution in [1.82, 2.24) is 4.90 Å². The Balaban J connectivity index is 3.27. The summed E-state index contributed by atoms with van der Waals surface area (Å²) in [6.07, 6.45) is 1.65. The third-order valence-corrected chi connectivity index (χ3v) is 3.70. The molecule has 1 aromatic carbocycles. The molecule has 0 aliphatic carbocycles. The molecule has 0 spiro atoms. The van der Waals surface area contributed by atoms with Crippen LogP contribution in [0, 0.1) is 13.7 Å². The van der Waals surface area contributed by atoms with Crippen LogP contribution in [0.25, 0.3) is 0 Å². The average molecular weight is 388 g/mol. The summed E-state index contributed by atoms with van der Waals surface area (Å²) in [4.78, 5) is 24.6. The third-order valence-electron chi connectivity index (χ3n) is 2.76. The van der Waals surface area contributed by atoms with Crippen LogP contribution in [0.5, 0.6) is 0 Å². The van der Waals surface area contributed by atoms with E-state index in [1.807, 2.05) is 43.4 Å². The highest BCUT2D eigenvalue weighted by Crippen LogP contribution is 2.24. The molecule has 0 heterocycles. The summed E-state index contributed by atoms with van der Waals surface area (Å²) in [6, 6.07) is 4.31. The van der Waals surface area contributed by atoms with Crippen molar-refractivity contribution in [3.63, 3.8) is 0 Å². The molecule has 0 aromatic heterocycles. The Bertz CT molecular complexity index is 550. The van der Waals surface area contributed by atoms with Crippen LogP contribution < -0.4 is 0 Å². The van der Waals surface area contributed by atoms with E-state index < -0.39 is 4.92 Å². The number of hydrogen-bond donors (Lipinski definition) is 0. The van der Waals surface area contributed by atoms with E-state index in [-0.39, 0.29) is 17.1 Å². The van der Waals surface area contributed by atoms with Crippen molar-refractivity contribution < 1.29 is 9.72 Å². The van der Waals surface area contributed by atoms with Crippen molar-refractivity contribution in [2.24, 2.45) is 0 Å². The molecule has 0 bridgehead atoms. The first-order chi connectivity index (χ1) is 9.18. The molecule has 5 nitrogen and oxygen atoms in total. The maximum Gasteiger partial charge on any atom is 0.270 e. The van der Waals surface area contributed by atoms with Gasteiger partial charge in [0.05, 0.1) is 10.5 Å². The number of nitro groups is 1. The Kier molecular flexibility index (Phi) is 5.27. The monoisotopic (exact) mass is 388 g/mol. The summed E-state index contributed by atoms with van der Waals surface area (Å²) in [5.74, 6) is -0.231. The normalized spacial score (nSPS) is 11.0. The van der Waals surface area contributed by atoms with Crippen molar-refractivity contribution >= 4 is 34.2 Å². The molecule has 0 saturated carbocycles. The number of non-ortho nitro benzene ring substituents is 1. The van der Waals surface area contributed by atoms with Crippen molar-refractivity contribution in [3.8, 4) is 0 Å². The van der Waals surface area contributed by atoms with Crippen LogP contribution in [0.1, 0.15) is 31.1 Å². The van der Waals surface area contributed by atoms with Crippen LogP contribution in [0.2, 0.25) is 0 Å². The van der Waals surface area contributed by atoms with Gasteiger partial charge in [0.25, 0.3) is 11.6 Å². The van der Waals surface area contributed by atoms with E-state index in [0.29, 0.717) is 15.7 Å². The van der Waals surface area contributed by atoms with Crippen molar-refractivity contribution in [2.75, 3.05) is 6.54 Å². The van der Waals surface area contributed by atoms with Crippen molar-refractivity contribution in [3.05, 3.63) is 50.1 Å². The number of benzene rings is 1. The van der Waals surface area contributed by atoms with Gasteiger partial charge in [0.2, 0.25) is 0 Å².